The number of rotatable bonds is 21. The Bertz CT molecular complexity index is 3090. The molecule has 8 N–H and O–H groups in total. The third-order valence-corrected chi connectivity index (χ3v) is 30.9. The van der Waals surface area contributed by atoms with Gasteiger partial charge in [0.2, 0.25) is 0 Å². The van der Waals surface area contributed by atoms with Gasteiger partial charge in [-0.3, -0.25) is 0 Å². The first-order valence-corrected chi connectivity index (χ1v) is 59.3. The average molecular weight is 2190 g/mol. The molecular weight excluding hydrogens is 2030 g/mol. The summed E-state index contributed by atoms with van der Waals surface area (Å²) < 4.78 is 157. The number of fused-ring (bicyclic) bond motifs is 7. The monoisotopic (exact) mass is 2180 g/mol. The van der Waals surface area contributed by atoms with E-state index >= 15 is 0 Å². The van der Waals surface area contributed by atoms with Gasteiger partial charge in [0, 0.05) is 49.8 Å². The number of carbonyl (C=O) groups excluding carboxylic acids is 1. The first-order valence-electron chi connectivity index (χ1n) is 43.5. The van der Waals surface area contributed by atoms with E-state index in [2.05, 4.69) is 33.9 Å². The molecule has 0 radical (unpaired) electrons. The fourth-order valence-electron chi connectivity index (χ4n) is 18.0. The van der Waals surface area contributed by atoms with E-state index < -0.39 is 211 Å². The zero-order chi connectivity index (χ0) is 97.0. The molecule has 14 saturated heterocycles. The minimum absolute atomic E-state index is 0. The summed E-state index contributed by atoms with van der Waals surface area (Å²) in [7, 11) is 9.58. The Morgan fingerprint density at radius 1 is 0.338 bits per heavy atom. The quantitative estimate of drug-likeness (QED) is 0.0306. The Kier molecular flexibility index (Phi) is 48.0. The van der Waals surface area contributed by atoms with Gasteiger partial charge < -0.3 is 203 Å². The summed E-state index contributed by atoms with van der Waals surface area (Å²) in [5.41, 5.74) is 8.85. The predicted molar refractivity (Wildman–Crippen MR) is 470 cm³/mol. The van der Waals surface area contributed by atoms with Crippen LogP contribution < -0.4 is 17.0 Å². The number of hydrogen-bond acceptors (Lipinski definition) is 37. The number of carbonyl (C=O) groups is 1. The molecule has 0 amide bonds. The van der Waals surface area contributed by atoms with Crippen LogP contribution in [0.3, 0.4) is 0 Å². The minimum Gasteiger partial charge on any atom is 2.00 e. The van der Waals surface area contributed by atoms with Gasteiger partial charge in [0.15, 0.2) is 104 Å². The van der Waals surface area contributed by atoms with Gasteiger partial charge in [0.05, 0.1) is 51.3 Å². The third-order valence-electron chi connectivity index (χ3n) is 25.6. The first kappa shape index (κ1) is 126. The van der Waals surface area contributed by atoms with Crippen molar-refractivity contribution in [2.75, 3.05) is 82.8 Å². The molecule has 0 aromatic heterocycles. The summed E-state index contributed by atoms with van der Waals surface area (Å²) in [6, 6.07) is 0. The van der Waals surface area contributed by atoms with Crippen molar-refractivity contribution >= 4 is 64.7 Å². The van der Waals surface area contributed by atoms with Crippen LogP contribution in [-0.4, -0.2) is 388 Å². The first-order chi connectivity index (χ1) is 58.5. The fourth-order valence-corrected chi connectivity index (χ4v) is 18.0. The number of aliphatic hydroxyl groups excluding tert-OH is 8. The Labute approximate surface area is 824 Å². The van der Waals surface area contributed by atoms with E-state index in [0.29, 0.717) is 37.1 Å². The van der Waals surface area contributed by atoms with E-state index in [1.807, 2.05) is 104 Å². The van der Waals surface area contributed by atoms with Gasteiger partial charge in [-0.25, -0.2) is 0 Å². The number of hydrogen-bond donors (Lipinski definition) is 8. The maximum Gasteiger partial charge on any atom is 2.00 e. The molecule has 0 bridgehead atoms. The molecule has 0 unspecified atom stereocenters. The summed E-state index contributed by atoms with van der Waals surface area (Å²) >= 11 is 3.91. The summed E-state index contributed by atoms with van der Waals surface area (Å²) in [6.07, 6.45) is -6.96. The van der Waals surface area contributed by atoms with Crippen LogP contribution in [0, 0.1) is 38.1 Å². The van der Waals surface area contributed by atoms with Gasteiger partial charge in [-0.1, -0.05) is 68.5 Å². The molecule has 14 fully saturated rings. The van der Waals surface area contributed by atoms with E-state index in [9.17, 15) is 45.6 Å². The molecule has 30 atom stereocenters. The molecule has 0 spiro atoms. The minimum atomic E-state index is -2.24. The van der Waals surface area contributed by atoms with Crippen molar-refractivity contribution in [2.24, 2.45) is 0 Å². The van der Waals surface area contributed by atoms with Crippen molar-refractivity contribution in [3.05, 3.63) is 7.43 Å². The van der Waals surface area contributed by atoms with Crippen LogP contribution >= 0.6 is 28.0 Å². The van der Waals surface area contributed by atoms with Gasteiger partial charge in [0.25, 0.3) is 0 Å². The number of aldehydes is 1. The second-order valence-electron chi connectivity index (χ2n) is 38.4. The molecule has 0 aromatic rings. The Balaban J connectivity index is 0.000000381. The summed E-state index contributed by atoms with van der Waals surface area (Å²) in [4.78, 5) is 11.2. The Morgan fingerprint density at radius 3 is 0.715 bits per heavy atom. The van der Waals surface area contributed by atoms with Gasteiger partial charge in [-0.05, 0) is 155 Å². The maximum absolute atomic E-state index is 11.2. The molecule has 765 valence electrons. The number of methoxy groups -OCH3 is 7. The molecule has 14 heterocycles. The molecule has 14 aliphatic rings. The van der Waals surface area contributed by atoms with Crippen LogP contribution in [0.5, 0.6) is 0 Å². The van der Waals surface area contributed by atoms with Crippen molar-refractivity contribution in [3.8, 4) is 0 Å². The number of ether oxygens (including phenoxy) is 28. The predicted octanol–water partition coefficient (Wildman–Crippen LogP) is 5.46. The van der Waals surface area contributed by atoms with E-state index in [0.717, 1.165) is 6.29 Å². The SMILES string of the molecule is CC(C)(C)[Si](C)(C)Cl.CC[C@@]1(CO)O[C@@H]2OC(C)(C)O[C@@H]2[C@@H]1OC.CC[C@]1(C=O)O[C@@H]2OC(C)(C)O[C@@H]2[C@@H]1OC.CC[C@]1(CO)O[C@@H]2OC(C)(C)O[C@@H]2[C@@H]1OC.CC[C@]1([C@@H](C)O)O[C@@H]2OC(C)(C)O[C@@H]2[C@@H]1OC.CC[C@]1([C@H](C)O)O[C@@H]2OC(C)(C)O[C@@H]2[C@@H]1OC.CO[C@H]1[C@H]2OC(C)(C)O[C@H]2OC1(CO)CO.CO[C@H]1[C@H]2OC(C)(C)O[C@H]2O[C@]1(CO)[C@H](C)O.[Br-].[CH3-].[Cl][Ce]([Cl])[Cl].[Mg+2]. The van der Waals surface area contributed by atoms with Crippen LogP contribution in [0.25, 0.3) is 0 Å². The van der Waals surface area contributed by atoms with Crippen LogP contribution in [0.2, 0.25) is 18.1 Å². The van der Waals surface area contributed by atoms with E-state index in [4.69, 9.17) is 161 Å². The smallest absolute Gasteiger partial charge is 2.00 e. The zero-order valence-electron chi connectivity index (χ0n) is 83.0. The summed E-state index contributed by atoms with van der Waals surface area (Å²) in [5, 5.41) is 77.2. The van der Waals surface area contributed by atoms with Crippen LogP contribution in [0.15, 0.2) is 0 Å². The van der Waals surface area contributed by atoms with Crippen molar-refractivity contribution in [2.45, 2.75) is 451 Å². The van der Waals surface area contributed by atoms with Crippen LogP contribution in [0.4, 0.5) is 0 Å². The Morgan fingerprint density at radius 2 is 0.531 bits per heavy atom. The van der Waals surface area contributed by atoms with Crippen LogP contribution in [0.1, 0.15) is 205 Å². The van der Waals surface area contributed by atoms with E-state index in [1.54, 1.807) is 84.0 Å². The van der Waals surface area contributed by atoms with Gasteiger partial charge in [-0.15, -0.1) is 0 Å². The maximum atomic E-state index is 11.2. The zero-order valence-corrected chi connectivity index (χ0v) is 93.2. The molecule has 130 heavy (non-hydrogen) atoms. The average Bonchev–Trinajstić information content (AvgIpc) is 1.56. The van der Waals surface area contributed by atoms with Crippen molar-refractivity contribution < 1.29 is 226 Å². The summed E-state index contributed by atoms with van der Waals surface area (Å²) in [6.45, 7) is 49.9. The normalized spacial score (nSPS) is 40.9. The molecule has 0 saturated carbocycles. The second kappa shape index (κ2) is 49.4. The van der Waals surface area contributed by atoms with E-state index in [-0.39, 0.29) is 135 Å². The molecule has 37 nitrogen and oxygen atoms in total. The van der Waals surface area contributed by atoms with Crippen LogP contribution in [-0.2, 0) is 137 Å². The van der Waals surface area contributed by atoms with Gasteiger partial charge in [-0.2, -0.15) is 11.1 Å². The standard InChI is InChI=1S/2C12H22O5.C11H20O6.2C11H20O5.C11H18O5.C10H18O6.C6H15ClSi.CH3.BrH.Ce.3ClH.Mg/c2*1-6-12(7(2)13)9(14-5)8-10(17-12)16-11(3,4)15-8;1-6(13)11(5-12)8(14-4)7-9(17-11)16-10(2,3)15-7;3*1-5-11(6-12)8(13-4)7-9(16-11)15-10(2,3)14-7;1-9(2)14-6-7(13-3)10(4-11,5-12)16-8(6)15-9;1-6(2,3)8(4,5)7;;;;;;;/h2*7-10,13H,6H2,1-5H3;6-9,12-13H,5H2,1-4H3;2*7-9,12H,5-6H2,1-4H3;6-9H,5H2,1-4H3;6-8,11-12H,4-5H2,1-3H3;1-5H3;1H3;1H;;3*1H;/q;;;;;;;;-1;;+3;;;;+2/p-4/t7-,8+,9-,10-,12+;7-,8-,9+,10+,12-;6-,7+,8-,9-,11+;7-,8+,9+,11+;2*7-,8+,9+,11-;6-,7+,8+;;;;;;;;/m0101111......../s1. The Hall–Kier alpha value is 2.23. The number of aliphatic hydroxyl groups is 8. The largest absolute Gasteiger partial charge is 2.00 e. The molecule has 14 aliphatic heterocycles. The molecular formula is C85H158BrCeCl4MgO37Si. The molecule has 45 heteroatoms. The molecule has 0 aromatic carbocycles. The third kappa shape index (κ3) is 27.9. The van der Waals surface area contributed by atoms with Crippen molar-refractivity contribution in [3.63, 3.8) is 0 Å². The topological polar surface area (TPSA) is 437 Å². The number of halogens is 5. The van der Waals surface area contributed by atoms with E-state index in [1.165, 1.54) is 14.2 Å². The second-order valence-corrected chi connectivity index (χ2v) is 59.5. The molecule has 14 rings (SSSR count). The van der Waals surface area contributed by atoms with Crippen molar-refractivity contribution in [1.82, 2.24) is 0 Å². The summed E-state index contributed by atoms with van der Waals surface area (Å²) in [5.74, 6) is -4.79. The van der Waals surface area contributed by atoms with Gasteiger partial charge >= 0.3 is 70.6 Å². The van der Waals surface area contributed by atoms with Crippen molar-refractivity contribution in [1.29, 1.82) is 0 Å². The van der Waals surface area contributed by atoms with Gasteiger partial charge in [0.1, 0.15) is 119 Å². The molecule has 0 aliphatic carbocycles. The fraction of sp³-hybridized carbons (Fsp3) is 0.976.